The zero-order valence-electron chi connectivity index (χ0n) is 34.9. The summed E-state index contributed by atoms with van der Waals surface area (Å²) < 4.78 is 0. The van der Waals surface area contributed by atoms with Crippen LogP contribution in [0.1, 0.15) is 99.0 Å². The van der Waals surface area contributed by atoms with Gasteiger partial charge < -0.3 is 49.9 Å². The number of hydrogen-bond acceptors (Lipinski definition) is 9. The van der Waals surface area contributed by atoms with Gasteiger partial charge in [0.05, 0.1) is 18.1 Å². The number of benzene rings is 1. The molecule has 0 aromatic heterocycles. The van der Waals surface area contributed by atoms with Gasteiger partial charge in [-0.1, -0.05) is 71.9 Å². The number of nitrogens with zero attached hydrogens (tertiary/aromatic N) is 2. The molecule has 17 nitrogen and oxygen atoms in total. The van der Waals surface area contributed by atoms with Crippen molar-refractivity contribution in [3.8, 4) is 0 Å². The number of nitrogens with two attached hydrogens (primary N) is 5. The lowest BCUT2D eigenvalue weighted by atomic mass is 9.86. The summed E-state index contributed by atoms with van der Waals surface area (Å²) in [6.45, 7) is 13.3. The predicted octanol–water partition coefficient (Wildman–Crippen LogP) is 0.515. The number of nitrogens with one attached hydrogen (secondary N) is 4. The third kappa shape index (κ3) is 20.6. The normalized spacial score (nSPS) is 14.4. The summed E-state index contributed by atoms with van der Waals surface area (Å²) in [7, 11) is 0. The second-order valence-electron chi connectivity index (χ2n) is 15.8. The van der Waals surface area contributed by atoms with Crippen LogP contribution in [-0.4, -0.2) is 90.4 Å². The minimum absolute atomic E-state index is 0.0665. The summed E-state index contributed by atoms with van der Waals surface area (Å²) in [6, 6.07) is 4.09. The molecule has 0 aliphatic carbocycles. The van der Waals surface area contributed by atoms with E-state index in [9.17, 15) is 28.8 Å². The van der Waals surface area contributed by atoms with Crippen molar-refractivity contribution in [1.82, 2.24) is 21.3 Å². The van der Waals surface area contributed by atoms with E-state index in [1.54, 1.807) is 38.1 Å². The molecule has 0 saturated carbocycles. The van der Waals surface area contributed by atoms with E-state index in [1.165, 1.54) is 6.92 Å². The Morgan fingerprint density at radius 2 is 1.14 bits per heavy atom. The van der Waals surface area contributed by atoms with Crippen molar-refractivity contribution in [3.63, 3.8) is 0 Å². The maximum atomic E-state index is 14.1. The van der Waals surface area contributed by atoms with Gasteiger partial charge in [0.2, 0.25) is 23.6 Å². The second kappa shape index (κ2) is 26.0. The Kier molecular flexibility index (Phi) is 22.8. The zero-order chi connectivity index (χ0) is 43.2. The van der Waals surface area contributed by atoms with E-state index in [2.05, 4.69) is 31.3 Å². The van der Waals surface area contributed by atoms with E-state index in [0.717, 1.165) is 5.56 Å². The number of Topliss-reactive ketones (excluding diaryl/α,β-unsaturated/α-hetero) is 2. The van der Waals surface area contributed by atoms with E-state index < -0.39 is 53.8 Å². The van der Waals surface area contributed by atoms with Gasteiger partial charge in [-0.3, -0.25) is 38.8 Å². The molecule has 0 heterocycles. The molecule has 0 radical (unpaired) electrons. The van der Waals surface area contributed by atoms with Gasteiger partial charge in [0, 0.05) is 31.8 Å². The molecule has 0 aliphatic rings. The van der Waals surface area contributed by atoms with E-state index in [0.29, 0.717) is 25.7 Å². The molecule has 17 heteroatoms. The summed E-state index contributed by atoms with van der Waals surface area (Å²) >= 11 is 0. The lowest BCUT2D eigenvalue weighted by Crippen LogP contribution is -2.58. The quantitative estimate of drug-likeness (QED) is 0.0336. The van der Waals surface area contributed by atoms with E-state index >= 15 is 0 Å². The Balaban J connectivity index is 3.36. The van der Waals surface area contributed by atoms with Crippen LogP contribution < -0.4 is 49.9 Å². The molecule has 6 unspecified atom stereocenters. The molecule has 0 fully saturated rings. The van der Waals surface area contributed by atoms with Crippen molar-refractivity contribution in [2.24, 2.45) is 62.3 Å². The molecule has 57 heavy (non-hydrogen) atoms. The monoisotopic (exact) mass is 800 g/mol. The first-order valence-electron chi connectivity index (χ1n) is 19.9. The Morgan fingerprint density at radius 3 is 1.65 bits per heavy atom. The minimum atomic E-state index is -1.17. The van der Waals surface area contributed by atoms with Crippen LogP contribution in [0.15, 0.2) is 40.3 Å². The Hall–Kier alpha value is -5.06. The van der Waals surface area contributed by atoms with Crippen molar-refractivity contribution in [1.29, 1.82) is 0 Å². The fraction of sp³-hybridized carbons (Fsp3) is 0.650. The molecule has 1 rings (SSSR count). The van der Waals surface area contributed by atoms with Gasteiger partial charge in [0.25, 0.3) is 0 Å². The van der Waals surface area contributed by atoms with E-state index in [1.807, 2.05) is 33.8 Å². The number of hydrogen-bond donors (Lipinski definition) is 9. The first-order valence-corrected chi connectivity index (χ1v) is 19.9. The van der Waals surface area contributed by atoms with Crippen LogP contribution in [-0.2, 0) is 35.2 Å². The summed E-state index contributed by atoms with van der Waals surface area (Å²) in [4.78, 5) is 88.9. The standard InChI is InChI=1S/C40H69N11O6/c1-23(2)19-28(35(54)49-31(26(7)52)20-24(3)4)22-33(53)34(25(5)6)51-38(57)32(21-27-13-9-8-10-14-27)50-37(56)30(16-12-18-47-40(44)45)48-36(55)29(41)15-11-17-46-39(42)43/h8-10,13-14,23-25,28-32,34H,11-12,15-22,41H2,1-7H3,(H,48,55)(H,49,54)(H,50,56)(H,51,57)(H4,42,43,46)(H4,44,45,47). The predicted molar refractivity (Wildman–Crippen MR) is 223 cm³/mol. The fourth-order valence-corrected chi connectivity index (χ4v) is 6.22. The van der Waals surface area contributed by atoms with Crippen LogP contribution in [0.3, 0.4) is 0 Å². The molecule has 14 N–H and O–H groups in total. The molecule has 1 aromatic carbocycles. The number of guanidine groups is 2. The Morgan fingerprint density at radius 1 is 0.632 bits per heavy atom. The minimum Gasteiger partial charge on any atom is -0.370 e. The maximum absolute atomic E-state index is 14.1. The number of carbonyl (C=O) groups excluding carboxylic acids is 6. The number of amides is 4. The van der Waals surface area contributed by atoms with Crippen LogP contribution >= 0.6 is 0 Å². The number of ketones is 2. The molecule has 0 bridgehead atoms. The molecule has 6 atom stereocenters. The molecule has 320 valence electrons. The number of rotatable bonds is 27. The molecule has 4 amide bonds. The highest BCUT2D eigenvalue weighted by Crippen LogP contribution is 2.20. The Labute approximate surface area is 337 Å². The van der Waals surface area contributed by atoms with Gasteiger partial charge in [-0.15, -0.1) is 0 Å². The molecule has 0 spiro atoms. The lowest BCUT2D eigenvalue weighted by Gasteiger charge is -2.28. The highest BCUT2D eigenvalue weighted by molar-refractivity contribution is 5.97. The summed E-state index contributed by atoms with van der Waals surface area (Å²) in [5.74, 6) is -3.85. The van der Waals surface area contributed by atoms with Crippen molar-refractivity contribution < 1.29 is 28.8 Å². The topological polar surface area (TPSA) is 305 Å². The maximum Gasteiger partial charge on any atom is 0.243 e. The number of carbonyl (C=O) groups is 6. The smallest absolute Gasteiger partial charge is 0.243 e. The largest absolute Gasteiger partial charge is 0.370 e. The van der Waals surface area contributed by atoms with Gasteiger partial charge >= 0.3 is 0 Å². The number of aliphatic imine (C=N–C) groups is 2. The summed E-state index contributed by atoms with van der Waals surface area (Å²) in [5.41, 5.74) is 28.5. The fourth-order valence-electron chi connectivity index (χ4n) is 6.22. The molecular formula is C40H69N11O6. The van der Waals surface area contributed by atoms with Crippen molar-refractivity contribution in [3.05, 3.63) is 35.9 Å². The molecular weight excluding hydrogens is 731 g/mol. The summed E-state index contributed by atoms with van der Waals surface area (Å²) in [6.07, 6.45) is 1.85. The van der Waals surface area contributed by atoms with E-state index in [-0.39, 0.29) is 85.9 Å². The highest BCUT2D eigenvalue weighted by Gasteiger charge is 2.34. The Bertz CT molecular complexity index is 1510. The third-order valence-corrected chi connectivity index (χ3v) is 9.20. The lowest BCUT2D eigenvalue weighted by molar-refractivity contribution is -0.135. The average molecular weight is 800 g/mol. The first-order chi connectivity index (χ1) is 26.7. The van der Waals surface area contributed by atoms with Gasteiger partial charge in [-0.2, -0.15) is 0 Å². The van der Waals surface area contributed by atoms with Crippen LogP contribution in [0.4, 0.5) is 0 Å². The van der Waals surface area contributed by atoms with Crippen LogP contribution in [0.5, 0.6) is 0 Å². The molecule has 0 saturated heterocycles. The summed E-state index contributed by atoms with van der Waals surface area (Å²) in [5, 5.41) is 11.2. The van der Waals surface area contributed by atoms with Gasteiger partial charge in [0.1, 0.15) is 12.1 Å². The average Bonchev–Trinajstić information content (AvgIpc) is 3.11. The molecule has 0 aliphatic heterocycles. The van der Waals surface area contributed by atoms with Crippen molar-refractivity contribution in [2.45, 2.75) is 130 Å². The SMILES string of the molecule is CC(=O)C(CC(C)C)NC(=O)C(CC(=O)C(NC(=O)C(Cc1ccccc1)NC(=O)C(CCCN=C(N)N)NC(=O)C(N)CCCN=C(N)N)C(C)C)CC(C)C. The van der Waals surface area contributed by atoms with Crippen LogP contribution in [0, 0.1) is 23.7 Å². The highest BCUT2D eigenvalue weighted by atomic mass is 16.2. The van der Waals surface area contributed by atoms with Gasteiger partial charge in [0.15, 0.2) is 23.5 Å². The second-order valence-corrected chi connectivity index (χ2v) is 15.8. The van der Waals surface area contributed by atoms with Crippen LogP contribution in [0.25, 0.3) is 0 Å². The van der Waals surface area contributed by atoms with Gasteiger partial charge in [-0.05, 0) is 68.8 Å². The first kappa shape index (κ1) is 50.0. The van der Waals surface area contributed by atoms with Crippen molar-refractivity contribution >= 4 is 47.1 Å². The van der Waals surface area contributed by atoms with Crippen LogP contribution in [0.2, 0.25) is 0 Å². The van der Waals surface area contributed by atoms with Crippen molar-refractivity contribution in [2.75, 3.05) is 13.1 Å². The van der Waals surface area contributed by atoms with Gasteiger partial charge in [-0.25, -0.2) is 0 Å². The van der Waals surface area contributed by atoms with E-state index in [4.69, 9.17) is 28.7 Å². The zero-order valence-corrected chi connectivity index (χ0v) is 34.9. The third-order valence-electron chi connectivity index (χ3n) is 9.20. The molecule has 1 aromatic rings.